The van der Waals surface area contributed by atoms with E-state index >= 15 is 0 Å². The first-order chi connectivity index (χ1) is 9.73. The molecule has 2 rings (SSSR count). The lowest BCUT2D eigenvalue weighted by Crippen LogP contribution is -2.39. The van der Waals surface area contributed by atoms with E-state index in [4.69, 9.17) is 0 Å². The topological polar surface area (TPSA) is 50.2 Å². The summed E-state index contributed by atoms with van der Waals surface area (Å²) in [6.07, 6.45) is 6.22. The summed E-state index contributed by atoms with van der Waals surface area (Å²) in [4.78, 5) is 15.6. The molecule has 0 amide bonds. The molecule has 1 heterocycles. The second kappa shape index (κ2) is 5.74. The average Bonchev–Trinajstić information content (AvgIpc) is 2.38. The molecule has 3 nitrogen and oxygen atoms in total. The first-order valence-electron chi connectivity index (χ1n) is 7.56. The number of halogens is 1. The predicted molar refractivity (Wildman–Crippen MR) is 79.4 cm³/mol. The largest absolute Gasteiger partial charge is 0.481 e. The van der Waals surface area contributed by atoms with E-state index in [0.29, 0.717) is 30.7 Å². The number of carboxylic acids is 1. The van der Waals surface area contributed by atoms with Crippen LogP contribution in [0.2, 0.25) is 0 Å². The third-order valence-corrected chi connectivity index (χ3v) is 4.93. The molecule has 1 N–H and O–H groups in total. The van der Waals surface area contributed by atoms with Gasteiger partial charge in [-0.25, -0.2) is 4.39 Å². The van der Waals surface area contributed by atoms with Crippen LogP contribution in [0.5, 0.6) is 0 Å². The Kier molecular flexibility index (Phi) is 4.35. The molecule has 21 heavy (non-hydrogen) atoms. The molecule has 1 aliphatic carbocycles. The van der Waals surface area contributed by atoms with Crippen molar-refractivity contribution in [2.75, 3.05) is 0 Å². The zero-order valence-corrected chi connectivity index (χ0v) is 13.0. The fourth-order valence-electron chi connectivity index (χ4n) is 3.45. The Bertz CT molecular complexity index is 514. The number of rotatable bonds is 3. The summed E-state index contributed by atoms with van der Waals surface area (Å²) in [5.74, 6) is -0.619. The highest BCUT2D eigenvalue weighted by molar-refractivity contribution is 5.75. The van der Waals surface area contributed by atoms with E-state index in [-0.39, 0.29) is 5.41 Å². The van der Waals surface area contributed by atoms with Crippen molar-refractivity contribution in [3.8, 4) is 0 Å². The minimum atomic E-state index is -0.767. The Morgan fingerprint density at radius 2 is 2.00 bits per heavy atom. The van der Waals surface area contributed by atoms with Crippen LogP contribution in [0.1, 0.15) is 52.0 Å². The minimum absolute atomic E-state index is 0.213. The monoisotopic (exact) mass is 293 g/mol. The maximum absolute atomic E-state index is 13.3. The number of pyridine rings is 1. The molecule has 0 spiro atoms. The van der Waals surface area contributed by atoms with Gasteiger partial charge in [-0.2, -0.15) is 0 Å². The lowest BCUT2D eigenvalue weighted by molar-refractivity contribution is -0.152. The van der Waals surface area contributed by atoms with Crippen molar-refractivity contribution in [1.82, 2.24) is 4.98 Å². The maximum Gasteiger partial charge on any atom is 0.309 e. The highest BCUT2D eigenvalue weighted by Gasteiger charge is 2.44. The van der Waals surface area contributed by atoms with Crippen LogP contribution in [0.25, 0.3) is 0 Å². The molecular formula is C17H24FNO2. The van der Waals surface area contributed by atoms with Crippen LogP contribution in [0.4, 0.5) is 4.39 Å². The summed E-state index contributed by atoms with van der Waals surface area (Å²) in [5, 5.41) is 9.69. The van der Waals surface area contributed by atoms with E-state index < -0.39 is 17.2 Å². The van der Waals surface area contributed by atoms with Gasteiger partial charge in [-0.3, -0.25) is 9.78 Å². The number of nitrogens with zero attached hydrogens (tertiary/aromatic N) is 1. The molecule has 0 saturated heterocycles. The van der Waals surface area contributed by atoms with Crippen molar-refractivity contribution in [2.24, 2.45) is 16.7 Å². The number of aliphatic carboxylic acids is 1. The molecule has 1 fully saturated rings. The second-order valence-corrected chi connectivity index (χ2v) is 7.41. The number of hydrogen-bond acceptors (Lipinski definition) is 2. The molecule has 0 aromatic carbocycles. The smallest absolute Gasteiger partial charge is 0.309 e. The van der Waals surface area contributed by atoms with Gasteiger partial charge in [0.25, 0.3) is 0 Å². The molecule has 0 aliphatic heterocycles. The van der Waals surface area contributed by atoms with Crippen LogP contribution in [-0.2, 0) is 11.2 Å². The van der Waals surface area contributed by atoms with Gasteiger partial charge in [-0.05, 0) is 55.1 Å². The van der Waals surface area contributed by atoms with Crippen LogP contribution < -0.4 is 0 Å². The van der Waals surface area contributed by atoms with Crippen LogP contribution in [-0.4, -0.2) is 16.1 Å². The van der Waals surface area contributed by atoms with Gasteiger partial charge in [0.05, 0.1) is 11.6 Å². The Morgan fingerprint density at radius 3 is 2.48 bits per heavy atom. The molecule has 0 atom stereocenters. The minimum Gasteiger partial charge on any atom is -0.481 e. The number of carboxylic acid groups (broad SMARTS) is 1. The van der Waals surface area contributed by atoms with Gasteiger partial charge in [0.2, 0.25) is 0 Å². The molecular weight excluding hydrogens is 269 g/mol. The van der Waals surface area contributed by atoms with Crippen molar-refractivity contribution in [3.05, 3.63) is 29.8 Å². The Hall–Kier alpha value is -1.45. The summed E-state index contributed by atoms with van der Waals surface area (Å²) in [7, 11) is 0. The molecule has 0 unspecified atom stereocenters. The number of hydrogen-bond donors (Lipinski definition) is 1. The van der Waals surface area contributed by atoms with Crippen molar-refractivity contribution in [3.63, 3.8) is 0 Å². The lowest BCUT2D eigenvalue weighted by atomic mass is 9.62. The Balaban J connectivity index is 2.15. The van der Waals surface area contributed by atoms with Crippen molar-refractivity contribution >= 4 is 5.97 Å². The zero-order valence-electron chi connectivity index (χ0n) is 13.0. The molecule has 1 aliphatic rings. The van der Waals surface area contributed by atoms with Crippen LogP contribution >= 0.6 is 0 Å². The summed E-state index contributed by atoms with van der Waals surface area (Å²) in [6, 6.07) is 1.40. The van der Waals surface area contributed by atoms with Gasteiger partial charge in [0, 0.05) is 6.20 Å². The summed E-state index contributed by atoms with van der Waals surface area (Å²) >= 11 is 0. The van der Waals surface area contributed by atoms with Crippen LogP contribution in [0.15, 0.2) is 18.5 Å². The van der Waals surface area contributed by atoms with Crippen LogP contribution in [0.3, 0.4) is 0 Å². The van der Waals surface area contributed by atoms with Crippen molar-refractivity contribution in [1.29, 1.82) is 0 Å². The summed E-state index contributed by atoms with van der Waals surface area (Å²) in [6.45, 7) is 6.63. The molecule has 0 radical (unpaired) electrons. The van der Waals surface area contributed by atoms with Gasteiger partial charge in [-0.15, -0.1) is 0 Å². The quantitative estimate of drug-likeness (QED) is 0.914. The van der Waals surface area contributed by atoms with Crippen molar-refractivity contribution < 1.29 is 14.3 Å². The van der Waals surface area contributed by atoms with Gasteiger partial charge in [-0.1, -0.05) is 20.8 Å². The average molecular weight is 293 g/mol. The fraction of sp³-hybridized carbons (Fsp3) is 0.647. The highest BCUT2D eigenvalue weighted by Crippen LogP contribution is 2.47. The summed E-state index contributed by atoms with van der Waals surface area (Å²) in [5.41, 5.74) is 0.120. The van der Waals surface area contributed by atoms with E-state index in [1.165, 1.54) is 6.07 Å². The first kappa shape index (κ1) is 15.9. The van der Waals surface area contributed by atoms with E-state index in [0.717, 1.165) is 19.0 Å². The molecule has 116 valence electrons. The second-order valence-electron chi connectivity index (χ2n) is 7.41. The molecule has 0 bridgehead atoms. The van der Waals surface area contributed by atoms with Crippen molar-refractivity contribution in [2.45, 2.75) is 52.9 Å². The maximum atomic E-state index is 13.3. The number of aromatic nitrogens is 1. The SMILES string of the molecule is CC(C)(C)C1CCC(Cc2cncc(F)c2)(C(=O)O)CC1. The number of carbonyl (C=O) groups is 1. The van der Waals surface area contributed by atoms with E-state index in [2.05, 4.69) is 25.8 Å². The predicted octanol–water partition coefficient (Wildman–Crippen LogP) is 4.07. The molecule has 1 saturated carbocycles. The van der Waals surface area contributed by atoms with E-state index in [1.54, 1.807) is 6.20 Å². The summed E-state index contributed by atoms with van der Waals surface area (Å²) < 4.78 is 13.3. The fourth-order valence-corrected chi connectivity index (χ4v) is 3.45. The van der Waals surface area contributed by atoms with E-state index in [9.17, 15) is 14.3 Å². The Labute approximate surface area is 125 Å². The van der Waals surface area contributed by atoms with Gasteiger partial charge >= 0.3 is 5.97 Å². The normalized spacial score (nSPS) is 26.6. The molecule has 1 aromatic rings. The Morgan fingerprint density at radius 1 is 1.38 bits per heavy atom. The van der Waals surface area contributed by atoms with E-state index in [1.807, 2.05) is 0 Å². The first-order valence-corrected chi connectivity index (χ1v) is 7.56. The highest BCUT2D eigenvalue weighted by atomic mass is 19.1. The van der Waals surface area contributed by atoms with Gasteiger partial charge in [0.15, 0.2) is 0 Å². The zero-order chi connectivity index (χ0) is 15.7. The molecule has 4 heteroatoms. The molecule has 1 aromatic heterocycles. The third-order valence-electron chi connectivity index (χ3n) is 4.93. The van der Waals surface area contributed by atoms with Crippen LogP contribution in [0, 0.1) is 22.6 Å². The third kappa shape index (κ3) is 3.60. The standard InChI is InChI=1S/C17H24FNO2/c1-16(2,3)13-4-6-17(7-5-13,15(20)21)9-12-8-14(18)11-19-10-12/h8,10-11,13H,4-7,9H2,1-3H3,(H,20,21). The van der Waals surface area contributed by atoms with Gasteiger partial charge in [0.1, 0.15) is 5.82 Å². The van der Waals surface area contributed by atoms with Gasteiger partial charge < -0.3 is 5.11 Å². The lowest BCUT2D eigenvalue weighted by Gasteiger charge is -2.41.